The van der Waals surface area contributed by atoms with Crippen molar-refractivity contribution in [2.75, 3.05) is 0 Å². The van der Waals surface area contributed by atoms with Gasteiger partial charge in [-0.05, 0) is 72.1 Å². The Labute approximate surface area is 131 Å². The third-order valence-electron chi connectivity index (χ3n) is 2.55. The van der Waals surface area contributed by atoms with Crippen molar-refractivity contribution in [1.82, 2.24) is 0 Å². The van der Waals surface area contributed by atoms with Gasteiger partial charge in [0.15, 0.2) is 5.58 Å². The Hall–Kier alpha value is 0.160. The summed E-state index contributed by atoms with van der Waals surface area (Å²) in [6, 6.07) is 8.02. The number of rotatable bonds is 0. The van der Waals surface area contributed by atoms with Crippen LogP contribution in [0.4, 0.5) is 0 Å². The first-order valence-electron chi connectivity index (χ1n) is 4.73. The van der Waals surface area contributed by atoms with Crippen LogP contribution in [-0.4, -0.2) is 0 Å². The molecule has 0 aliphatic carbocycles. The van der Waals surface area contributed by atoms with E-state index in [0.717, 1.165) is 39.8 Å². The normalized spacial score (nSPS) is 11.5. The summed E-state index contributed by atoms with van der Waals surface area (Å²) in [5, 5.41) is 2.17. The molecule has 1 aromatic heterocycles. The number of furan rings is 1. The lowest BCUT2D eigenvalue weighted by atomic mass is 10.1. The molecule has 0 amide bonds. The Morgan fingerprint density at radius 3 is 2.41 bits per heavy atom. The summed E-state index contributed by atoms with van der Waals surface area (Å²) in [6.45, 7) is 0. The summed E-state index contributed by atoms with van der Waals surface area (Å²) in [7, 11) is 0. The smallest absolute Gasteiger partial charge is 0.151 e. The van der Waals surface area contributed by atoms with Crippen LogP contribution in [0.5, 0.6) is 0 Å². The van der Waals surface area contributed by atoms with Gasteiger partial charge in [-0.2, -0.15) is 0 Å². The molecule has 0 saturated carbocycles. The molecule has 17 heavy (non-hydrogen) atoms. The molecule has 0 fully saturated rings. The van der Waals surface area contributed by atoms with Crippen molar-refractivity contribution in [3.63, 3.8) is 0 Å². The lowest BCUT2D eigenvalue weighted by Gasteiger charge is -1.99. The number of fused-ring (bicyclic) bond motifs is 3. The largest absolute Gasteiger partial charge is 0.455 e. The van der Waals surface area contributed by atoms with Gasteiger partial charge in [0.25, 0.3) is 0 Å². The molecule has 0 aliphatic heterocycles. The molecule has 2 aromatic carbocycles. The highest BCUT2D eigenvalue weighted by atomic mass is 79.9. The lowest BCUT2D eigenvalue weighted by Crippen LogP contribution is -1.74. The molecule has 0 spiro atoms. The third-order valence-corrected chi connectivity index (χ3v) is 5.61. The second-order valence-corrected chi connectivity index (χ2v) is 7.02. The van der Waals surface area contributed by atoms with Crippen molar-refractivity contribution >= 4 is 85.7 Å². The summed E-state index contributed by atoms with van der Waals surface area (Å²) in [6.07, 6.45) is 0. The average Bonchev–Trinajstić information content (AvgIpc) is 2.65. The maximum atomic E-state index is 5.87. The molecule has 0 saturated heterocycles. The molecule has 0 N–H and O–H groups in total. The summed E-state index contributed by atoms with van der Waals surface area (Å²) >= 11 is 14.1. The van der Waals surface area contributed by atoms with E-state index in [4.69, 9.17) is 4.42 Å². The Morgan fingerprint density at radius 1 is 0.882 bits per heavy atom. The Balaban J connectivity index is 2.61. The predicted molar refractivity (Wildman–Crippen MR) is 84.5 cm³/mol. The Kier molecular flexibility index (Phi) is 3.14. The molecule has 0 bridgehead atoms. The van der Waals surface area contributed by atoms with Crippen molar-refractivity contribution in [2.45, 2.75) is 0 Å². The molecule has 0 atom stereocenters. The van der Waals surface area contributed by atoms with Crippen molar-refractivity contribution in [2.24, 2.45) is 0 Å². The molecule has 3 rings (SSSR count). The number of hydrogen-bond acceptors (Lipinski definition) is 1. The molecular formula is C12H4Br4O. The van der Waals surface area contributed by atoms with Gasteiger partial charge >= 0.3 is 0 Å². The number of hydrogen-bond donors (Lipinski definition) is 0. The van der Waals surface area contributed by atoms with E-state index < -0.39 is 0 Å². The van der Waals surface area contributed by atoms with Crippen LogP contribution < -0.4 is 0 Å². The van der Waals surface area contributed by atoms with E-state index >= 15 is 0 Å². The third kappa shape index (κ3) is 1.91. The molecule has 1 nitrogen and oxygen atoms in total. The van der Waals surface area contributed by atoms with E-state index in [2.05, 4.69) is 69.8 Å². The number of halogens is 4. The monoisotopic (exact) mass is 480 g/mol. The van der Waals surface area contributed by atoms with Crippen LogP contribution in [0.1, 0.15) is 0 Å². The summed E-state index contributed by atoms with van der Waals surface area (Å²) in [4.78, 5) is 0. The van der Waals surface area contributed by atoms with E-state index in [-0.39, 0.29) is 0 Å². The standard InChI is InChI=1S/C12H4Br4O/c13-5-1-2-9-6(3-5)10-7(14)4-8(15)11(16)12(10)17-9/h1-4H. The van der Waals surface area contributed by atoms with Gasteiger partial charge in [-0.1, -0.05) is 15.9 Å². The van der Waals surface area contributed by atoms with Crippen LogP contribution >= 0.6 is 63.7 Å². The van der Waals surface area contributed by atoms with Crippen molar-refractivity contribution in [3.05, 3.63) is 42.2 Å². The Bertz CT molecular complexity index is 745. The quantitative estimate of drug-likeness (QED) is 0.327. The highest BCUT2D eigenvalue weighted by Gasteiger charge is 2.15. The van der Waals surface area contributed by atoms with Crippen LogP contribution in [0.25, 0.3) is 21.9 Å². The molecule has 0 aliphatic rings. The van der Waals surface area contributed by atoms with Crippen LogP contribution in [0, 0.1) is 0 Å². The minimum Gasteiger partial charge on any atom is -0.455 e. The summed E-state index contributed by atoms with van der Waals surface area (Å²) in [5.41, 5.74) is 1.72. The van der Waals surface area contributed by atoms with Gasteiger partial charge in [-0.3, -0.25) is 0 Å². The molecule has 3 aromatic rings. The van der Waals surface area contributed by atoms with E-state index in [1.807, 2.05) is 18.2 Å². The molecule has 86 valence electrons. The summed E-state index contributed by atoms with van der Waals surface area (Å²) < 4.78 is 9.83. The van der Waals surface area contributed by atoms with Gasteiger partial charge in [0, 0.05) is 24.2 Å². The first kappa shape index (κ1) is 12.2. The molecule has 5 heteroatoms. The highest BCUT2D eigenvalue weighted by molar-refractivity contribution is 9.13. The maximum absolute atomic E-state index is 5.87. The molecule has 1 heterocycles. The zero-order valence-electron chi connectivity index (χ0n) is 8.23. The second kappa shape index (κ2) is 4.37. The van der Waals surface area contributed by atoms with Gasteiger partial charge in [-0.25, -0.2) is 0 Å². The minimum absolute atomic E-state index is 0.847. The van der Waals surface area contributed by atoms with Crippen LogP contribution in [0.15, 0.2) is 46.6 Å². The zero-order chi connectivity index (χ0) is 12.2. The second-order valence-electron chi connectivity index (χ2n) is 3.60. The van der Waals surface area contributed by atoms with E-state index in [9.17, 15) is 0 Å². The fourth-order valence-electron chi connectivity index (χ4n) is 1.82. The maximum Gasteiger partial charge on any atom is 0.151 e. The zero-order valence-corrected chi connectivity index (χ0v) is 14.6. The topological polar surface area (TPSA) is 13.1 Å². The van der Waals surface area contributed by atoms with Crippen molar-refractivity contribution in [3.8, 4) is 0 Å². The Morgan fingerprint density at radius 2 is 1.65 bits per heavy atom. The van der Waals surface area contributed by atoms with Gasteiger partial charge in [0.2, 0.25) is 0 Å². The van der Waals surface area contributed by atoms with Crippen LogP contribution in [0.2, 0.25) is 0 Å². The fraction of sp³-hybridized carbons (Fsp3) is 0. The minimum atomic E-state index is 0.847. The first-order chi connectivity index (χ1) is 8.08. The van der Waals surface area contributed by atoms with Gasteiger partial charge in [-0.15, -0.1) is 0 Å². The van der Waals surface area contributed by atoms with Crippen molar-refractivity contribution < 1.29 is 4.42 Å². The van der Waals surface area contributed by atoms with Crippen LogP contribution in [-0.2, 0) is 0 Å². The van der Waals surface area contributed by atoms with E-state index in [1.165, 1.54) is 0 Å². The summed E-state index contributed by atoms with van der Waals surface area (Å²) in [5.74, 6) is 0. The predicted octanol–water partition coefficient (Wildman–Crippen LogP) is 6.64. The van der Waals surface area contributed by atoms with Gasteiger partial charge in [0.1, 0.15) is 5.58 Å². The molecule has 0 radical (unpaired) electrons. The molecule has 0 unspecified atom stereocenters. The first-order valence-corrected chi connectivity index (χ1v) is 7.90. The number of benzene rings is 2. The van der Waals surface area contributed by atoms with Gasteiger partial charge in [0.05, 0.1) is 4.47 Å². The van der Waals surface area contributed by atoms with Gasteiger partial charge < -0.3 is 4.42 Å². The fourth-order valence-corrected chi connectivity index (χ4v) is 3.91. The van der Waals surface area contributed by atoms with E-state index in [1.54, 1.807) is 0 Å². The molecular weight excluding hydrogens is 480 g/mol. The van der Waals surface area contributed by atoms with Crippen LogP contribution in [0.3, 0.4) is 0 Å². The highest BCUT2D eigenvalue weighted by Crippen LogP contribution is 2.42. The SMILES string of the molecule is Brc1ccc2oc3c(Br)c(Br)cc(Br)c3c2c1. The lowest BCUT2D eigenvalue weighted by molar-refractivity contribution is 0.666. The van der Waals surface area contributed by atoms with E-state index in [0.29, 0.717) is 0 Å². The average molecular weight is 484 g/mol. The van der Waals surface area contributed by atoms with Crippen molar-refractivity contribution in [1.29, 1.82) is 0 Å².